The van der Waals surface area contributed by atoms with Crippen LogP contribution in [0.2, 0.25) is 0 Å². The zero-order valence-electron chi connectivity index (χ0n) is 12.7. The van der Waals surface area contributed by atoms with Crippen LogP contribution in [0.1, 0.15) is 28.7 Å². The minimum atomic E-state index is 0.178. The molecule has 0 fully saturated rings. The number of carbonyl (C=O) groups excluding carboxylic acids is 1. The third-order valence-electron chi connectivity index (χ3n) is 3.91. The highest BCUT2D eigenvalue weighted by Crippen LogP contribution is 2.17. The van der Waals surface area contributed by atoms with Crippen molar-refractivity contribution < 1.29 is 4.79 Å². The van der Waals surface area contributed by atoms with E-state index in [1.54, 1.807) is 0 Å². The van der Waals surface area contributed by atoms with E-state index in [1.165, 1.54) is 0 Å². The predicted molar refractivity (Wildman–Crippen MR) is 83.5 cm³/mol. The second-order valence-corrected chi connectivity index (χ2v) is 5.12. The number of aromatic nitrogens is 1. The number of benzene rings is 1. The Balaban J connectivity index is 2.20. The van der Waals surface area contributed by atoms with Gasteiger partial charge < -0.3 is 9.47 Å². The van der Waals surface area contributed by atoms with E-state index in [0.29, 0.717) is 6.54 Å². The fourth-order valence-electron chi connectivity index (χ4n) is 2.42. The van der Waals surface area contributed by atoms with E-state index in [-0.39, 0.29) is 5.78 Å². The number of aryl methyl sites for hydroxylation is 1. The minimum absolute atomic E-state index is 0.178. The van der Waals surface area contributed by atoms with E-state index in [1.807, 2.05) is 57.3 Å². The van der Waals surface area contributed by atoms with Gasteiger partial charge >= 0.3 is 0 Å². The number of hydrogen-bond donors (Lipinski definition) is 0. The quantitative estimate of drug-likeness (QED) is 0.778. The van der Waals surface area contributed by atoms with Gasteiger partial charge in [0.25, 0.3) is 0 Å². The van der Waals surface area contributed by atoms with Crippen LogP contribution in [0, 0.1) is 13.8 Å². The third-order valence-corrected chi connectivity index (χ3v) is 3.91. The molecule has 20 heavy (non-hydrogen) atoms. The van der Waals surface area contributed by atoms with Crippen LogP contribution in [0.4, 0.5) is 5.69 Å². The molecule has 0 unspecified atom stereocenters. The first-order valence-electron chi connectivity index (χ1n) is 7.00. The smallest absolute Gasteiger partial charge is 0.183 e. The number of nitrogens with zero attached hydrogens (tertiary/aromatic N) is 2. The molecule has 3 heteroatoms. The van der Waals surface area contributed by atoms with Crippen LogP contribution < -0.4 is 4.90 Å². The summed E-state index contributed by atoms with van der Waals surface area (Å²) in [6, 6.07) is 12.1. The summed E-state index contributed by atoms with van der Waals surface area (Å²) in [6.45, 7) is 7.34. The Morgan fingerprint density at radius 3 is 2.35 bits per heavy atom. The van der Waals surface area contributed by atoms with Crippen LogP contribution in [-0.2, 0) is 7.05 Å². The SMILES string of the molecule is CCN(CC(=O)c1cc(C)n(C)c1C)c1ccccc1. The van der Waals surface area contributed by atoms with Gasteiger partial charge in [-0.3, -0.25) is 4.79 Å². The van der Waals surface area contributed by atoms with E-state index < -0.39 is 0 Å². The fraction of sp³-hybridized carbons (Fsp3) is 0.353. The average molecular weight is 270 g/mol. The van der Waals surface area contributed by atoms with Gasteiger partial charge in [0.05, 0.1) is 6.54 Å². The van der Waals surface area contributed by atoms with Crippen molar-refractivity contribution in [2.24, 2.45) is 7.05 Å². The van der Waals surface area contributed by atoms with Gasteiger partial charge in [0, 0.05) is 36.2 Å². The average Bonchev–Trinajstić information content (AvgIpc) is 2.73. The first-order chi connectivity index (χ1) is 9.54. The maximum absolute atomic E-state index is 12.5. The normalized spacial score (nSPS) is 10.6. The Hall–Kier alpha value is -2.03. The molecule has 106 valence electrons. The van der Waals surface area contributed by atoms with Crippen LogP contribution in [0.15, 0.2) is 36.4 Å². The van der Waals surface area contributed by atoms with Crippen molar-refractivity contribution in [2.45, 2.75) is 20.8 Å². The molecular weight excluding hydrogens is 248 g/mol. The zero-order valence-corrected chi connectivity index (χ0v) is 12.7. The Bertz CT molecular complexity index is 599. The summed E-state index contributed by atoms with van der Waals surface area (Å²) in [5, 5.41) is 0. The molecule has 0 spiro atoms. The van der Waals surface area contributed by atoms with Gasteiger partial charge in [-0.2, -0.15) is 0 Å². The van der Waals surface area contributed by atoms with Crippen molar-refractivity contribution in [2.75, 3.05) is 18.0 Å². The largest absolute Gasteiger partial charge is 0.364 e. The predicted octanol–water partition coefficient (Wildman–Crippen LogP) is 3.35. The van der Waals surface area contributed by atoms with Crippen molar-refractivity contribution >= 4 is 11.5 Å². The molecule has 1 heterocycles. The summed E-state index contributed by atoms with van der Waals surface area (Å²) < 4.78 is 2.06. The second-order valence-electron chi connectivity index (χ2n) is 5.12. The molecule has 0 aliphatic carbocycles. The lowest BCUT2D eigenvalue weighted by Gasteiger charge is -2.22. The number of likely N-dealkylation sites (N-methyl/N-ethyl adjacent to an activating group) is 1. The number of hydrogen-bond acceptors (Lipinski definition) is 2. The Morgan fingerprint density at radius 1 is 1.20 bits per heavy atom. The van der Waals surface area contributed by atoms with Gasteiger partial charge in [-0.15, -0.1) is 0 Å². The summed E-state index contributed by atoms with van der Waals surface area (Å²) in [4.78, 5) is 14.6. The van der Waals surface area contributed by atoms with Crippen LogP contribution in [0.25, 0.3) is 0 Å². The number of ketones is 1. The Kier molecular flexibility index (Phi) is 4.28. The molecule has 0 atom stereocenters. The van der Waals surface area contributed by atoms with E-state index in [0.717, 1.165) is 29.2 Å². The standard InChI is InChI=1S/C17H22N2O/c1-5-19(15-9-7-6-8-10-15)12-17(20)16-11-13(2)18(4)14(16)3/h6-11H,5,12H2,1-4H3. The molecule has 0 bridgehead atoms. The molecule has 0 aliphatic rings. The molecule has 0 N–H and O–H groups in total. The number of para-hydroxylation sites is 1. The summed E-state index contributed by atoms with van der Waals surface area (Å²) >= 11 is 0. The van der Waals surface area contributed by atoms with Gasteiger partial charge in [-0.05, 0) is 39.0 Å². The van der Waals surface area contributed by atoms with Crippen LogP contribution in [0.3, 0.4) is 0 Å². The summed E-state index contributed by atoms with van der Waals surface area (Å²) in [7, 11) is 2.00. The first-order valence-corrected chi connectivity index (χ1v) is 7.00. The molecule has 2 aromatic rings. The van der Waals surface area contributed by atoms with Gasteiger partial charge in [0.1, 0.15) is 0 Å². The number of carbonyl (C=O) groups is 1. The molecule has 3 nitrogen and oxygen atoms in total. The molecule has 0 amide bonds. The highest BCUT2D eigenvalue weighted by atomic mass is 16.1. The number of Topliss-reactive ketones (excluding diaryl/α,β-unsaturated/α-hetero) is 1. The minimum Gasteiger partial charge on any atom is -0.364 e. The molecule has 2 rings (SSSR count). The van der Waals surface area contributed by atoms with Crippen molar-refractivity contribution in [3.05, 3.63) is 53.3 Å². The van der Waals surface area contributed by atoms with Gasteiger partial charge in [-0.25, -0.2) is 0 Å². The van der Waals surface area contributed by atoms with E-state index >= 15 is 0 Å². The lowest BCUT2D eigenvalue weighted by Crippen LogP contribution is -2.29. The lowest BCUT2D eigenvalue weighted by atomic mass is 10.1. The second kappa shape index (κ2) is 5.95. The van der Waals surface area contributed by atoms with E-state index in [9.17, 15) is 4.79 Å². The van der Waals surface area contributed by atoms with Gasteiger partial charge in [0.2, 0.25) is 0 Å². The monoisotopic (exact) mass is 270 g/mol. The summed E-state index contributed by atoms with van der Waals surface area (Å²) in [5.74, 6) is 0.178. The molecule has 0 saturated carbocycles. The molecule has 0 aliphatic heterocycles. The van der Waals surface area contributed by atoms with Crippen molar-refractivity contribution in [3.63, 3.8) is 0 Å². The van der Waals surface area contributed by atoms with Crippen molar-refractivity contribution in [3.8, 4) is 0 Å². The van der Waals surface area contributed by atoms with Gasteiger partial charge in [-0.1, -0.05) is 18.2 Å². The molecular formula is C17H22N2O. The topological polar surface area (TPSA) is 25.2 Å². The third kappa shape index (κ3) is 2.77. The van der Waals surface area contributed by atoms with E-state index in [4.69, 9.17) is 0 Å². The Labute approximate surface area is 120 Å². The van der Waals surface area contributed by atoms with Gasteiger partial charge in [0.15, 0.2) is 5.78 Å². The zero-order chi connectivity index (χ0) is 14.7. The van der Waals surface area contributed by atoms with Crippen LogP contribution >= 0.6 is 0 Å². The lowest BCUT2D eigenvalue weighted by molar-refractivity contribution is 0.0998. The van der Waals surface area contributed by atoms with E-state index in [2.05, 4.69) is 16.4 Å². The molecule has 0 saturated heterocycles. The summed E-state index contributed by atoms with van der Waals surface area (Å²) in [6.07, 6.45) is 0. The number of rotatable bonds is 5. The maximum Gasteiger partial charge on any atom is 0.183 e. The van der Waals surface area contributed by atoms with Crippen LogP contribution in [0.5, 0.6) is 0 Å². The Morgan fingerprint density at radius 2 is 1.85 bits per heavy atom. The van der Waals surface area contributed by atoms with Crippen molar-refractivity contribution in [1.82, 2.24) is 4.57 Å². The highest BCUT2D eigenvalue weighted by Gasteiger charge is 2.16. The van der Waals surface area contributed by atoms with Crippen LogP contribution in [-0.4, -0.2) is 23.4 Å². The highest BCUT2D eigenvalue weighted by molar-refractivity contribution is 6.00. The number of anilines is 1. The van der Waals surface area contributed by atoms with Crippen molar-refractivity contribution in [1.29, 1.82) is 0 Å². The molecule has 0 radical (unpaired) electrons. The fourth-order valence-corrected chi connectivity index (χ4v) is 2.42. The first kappa shape index (κ1) is 14.4. The molecule has 1 aromatic heterocycles. The maximum atomic E-state index is 12.5. The molecule has 1 aromatic carbocycles. The summed E-state index contributed by atoms with van der Waals surface area (Å²) in [5.41, 5.74) is 4.08.